The standard InChI is InChI=1S/C21H15F3N4O/c22-21(23,24)20-26-16-7-6-15(12-17(16)27-20)18(13-4-2-1-3-5-13)28-19(29)14-8-10-25-11-9-14/h1-12,18H,(H,26,27)(H,28,29). The smallest absolute Gasteiger partial charge is 0.341 e. The van der Waals surface area contributed by atoms with Crippen molar-refractivity contribution < 1.29 is 18.0 Å². The van der Waals surface area contributed by atoms with E-state index in [4.69, 9.17) is 0 Å². The summed E-state index contributed by atoms with van der Waals surface area (Å²) in [6.45, 7) is 0. The number of amides is 1. The number of rotatable bonds is 4. The number of alkyl halides is 3. The molecule has 2 aromatic carbocycles. The maximum absolute atomic E-state index is 13.0. The molecule has 2 heterocycles. The van der Waals surface area contributed by atoms with Crippen molar-refractivity contribution in [2.45, 2.75) is 12.2 Å². The van der Waals surface area contributed by atoms with Crippen molar-refractivity contribution in [1.29, 1.82) is 0 Å². The molecule has 0 aliphatic heterocycles. The molecule has 1 amide bonds. The van der Waals surface area contributed by atoms with Crippen LogP contribution in [0.3, 0.4) is 0 Å². The fraction of sp³-hybridized carbons (Fsp3) is 0.0952. The zero-order chi connectivity index (χ0) is 20.4. The number of nitrogens with one attached hydrogen (secondary N) is 2. The molecule has 2 N–H and O–H groups in total. The molecule has 8 heteroatoms. The van der Waals surface area contributed by atoms with Crippen molar-refractivity contribution in [3.05, 3.63) is 95.6 Å². The molecule has 0 bridgehead atoms. The lowest BCUT2D eigenvalue weighted by molar-refractivity contribution is -0.144. The van der Waals surface area contributed by atoms with Gasteiger partial charge in [0, 0.05) is 18.0 Å². The van der Waals surface area contributed by atoms with Gasteiger partial charge in [-0.25, -0.2) is 4.98 Å². The van der Waals surface area contributed by atoms with Crippen LogP contribution in [0, 0.1) is 0 Å². The normalized spacial score (nSPS) is 12.7. The number of nitrogens with zero attached hydrogens (tertiary/aromatic N) is 2. The van der Waals surface area contributed by atoms with Crippen LogP contribution in [0.5, 0.6) is 0 Å². The minimum absolute atomic E-state index is 0.202. The van der Waals surface area contributed by atoms with Gasteiger partial charge in [0.05, 0.1) is 17.1 Å². The summed E-state index contributed by atoms with van der Waals surface area (Å²) < 4.78 is 38.9. The summed E-state index contributed by atoms with van der Waals surface area (Å²) in [7, 11) is 0. The Morgan fingerprint density at radius 2 is 1.69 bits per heavy atom. The third kappa shape index (κ3) is 3.96. The summed E-state index contributed by atoms with van der Waals surface area (Å²) in [6, 6.07) is 16.6. The third-order valence-electron chi connectivity index (χ3n) is 4.46. The number of halogens is 3. The van der Waals surface area contributed by atoms with Gasteiger partial charge < -0.3 is 10.3 Å². The van der Waals surface area contributed by atoms with Gasteiger partial charge in [0.2, 0.25) is 5.82 Å². The quantitative estimate of drug-likeness (QED) is 0.534. The molecule has 0 spiro atoms. The van der Waals surface area contributed by atoms with Gasteiger partial charge in [-0.2, -0.15) is 13.2 Å². The first kappa shape index (κ1) is 18.7. The molecule has 0 radical (unpaired) electrons. The van der Waals surface area contributed by atoms with Gasteiger partial charge in [-0.05, 0) is 35.4 Å². The first-order valence-corrected chi connectivity index (χ1v) is 8.74. The second kappa shape index (κ2) is 7.38. The van der Waals surface area contributed by atoms with E-state index in [9.17, 15) is 18.0 Å². The second-order valence-electron chi connectivity index (χ2n) is 6.41. The monoisotopic (exact) mass is 396 g/mol. The van der Waals surface area contributed by atoms with Crippen LogP contribution in [0.4, 0.5) is 13.2 Å². The Morgan fingerprint density at radius 1 is 0.966 bits per heavy atom. The SMILES string of the molecule is O=C(NC(c1ccccc1)c1ccc2nc(C(F)(F)F)[nH]c2c1)c1ccncc1. The predicted octanol–water partition coefficient (Wildman–Crippen LogP) is 4.50. The molecule has 0 saturated heterocycles. The van der Waals surface area contributed by atoms with Crippen LogP contribution in [-0.4, -0.2) is 20.9 Å². The lowest BCUT2D eigenvalue weighted by Gasteiger charge is -2.20. The van der Waals surface area contributed by atoms with E-state index in [2.05, 4.69) is 20.3 Å². The molecule has 1 atom stereocenters. The van der Waals surface area contributed by atoms with Crippen molar-refractivity contribution in [3.63, 3.8) is 0 Å². The zero-order valence-corrected chi connectivity index (χ0v) is 14.9. The number of H-pyrrole nitrogens is 1. The van der Waals surface area contributed by atoms with Gasteiger partial charge >= 0.3 is 6.18 Å². The summed E-state index contributed by atoms with van der Waals surface area (Å²) in [5.41, 5.74) is 2.30. The molecule has 29 heavy (non-hydrogen) atoms. The zero-order valence-electron chi connectivity index (χ0n) is 14.9. The van der Waals surface area contributed by atoms with Crippen LogP contribution in [0.15, 0.2) is 73.1 Å². The number of imidazole rings is 1. The van der Waals surface area contributed by atoms with E-state index in [1.54, 1.807) is 24.3 Å². The largest absolute Gasteiger partial charge is 0.449 e. The maximum atomic E-state index is 13.0. The minimum Gasteiger partial charge on any atom is -0.341 e. The molecular weight excluding hydrogens is 381 g/mol. The lowest BCUT2D eigenvalue weighted by Crippen LogP contribution is -2.29. The highest BCUT2D eigenvalue weighted by Gasteiger charge is 2.34. The van der Waals surface area contributed by atoms with Crippen molar-refractivity contribution in [1.82, 2.24) is 20.3 Å². The summed E-state index contributed by atoms with van der Waals surface area (Å²) in [4.78, 5) is 22.5. The molecular formula is C21H15F3N4O. The van der Waals surface area contributed by atoms with Gasteiger partial charge in [0.25, 0.3) is 5.91 Å². The van der Waals surface area contributed by atoms with Crippen LogP contribution >= 0.6 is 0 Å². The highest BCUT2D eigenvalue weighted by molar-refractivity contribution is 5.94. The number of hydrogen-bond acceptors (Lipinski definition) is 3. The molecule has 2 aromatic heterocycles. The minimum atomic E-state index is -4.56. The number of aromatic nitrogens is 3. The van der Waals surface area contributed by atoms with E-state index in [-0.39, 0.29) is 16.9 Å². The summed E-state index contributed by atoms with van der Waals surface area (Å²) in [5, 5.41) is 2.94. The van der Waals surface area contributed by atoms with Crippen molar-refractivity contribution in [2.24, 2.45) is 0 Å². The van der Waals surface area contributed by atoms with Gasteiger partial charge in [0.1, 0.15) is 0 Å². The number of hydrogen-bond donors (Lipinski definition) is 2. The van der Waals surface area contributed by atoms with Crippen molar-refractivity contribution in [2.75, 3.05) is 0 Å². The molecule has 5 nitrogen and oxygen atoms in total. The average molecular weight is 396 g/mol. The average Bonchev–Trinajstić information content (AvgIpc) is 3.17. The van der Waals surface area contributed by atoms with Crippen LogP contribution < -0.4 is 5.32 Å². The Labute approximate surface area is 163 Å². The fourth-order valence-corrected chi connectivity index (χ4v) is 3.06. The van der Waals surface area contributed by atoms with E-state index in [0.29, 0.717) is 11.1 Å². The molecule has 4 rings (SSSR count). The lowest BCUT2D eigenvalue weighted by atomic mass is 9.98. The Hall–Kier alpha value is -3.68. The topological polar surface area (TPSA) is 70.7 Å². The second-order valence-corrected chi connectivity index (χ2v) is 6.41. The van der Waals surface area contributed by atoms with Crippen LogP contribution in [0.1, 0.15) is 33.4 Å². The van der Waals surface area contributed by atoms with Gasteiger partial charge in [-0.15, -0.1) is 0 Å². The number of aromatic amines is 1. The van der Waals surface area contributed by atoms with Gasteiger partial charge in [-0.1, -0.05) is 36.4 Å². The number of benzene rings is 2. The number of fused-ring (bicyclic) bond motifs is 1. The molecule has 146 valence electrons. The van der Waals surface area contributed by atoms with E-state index in [1.165, 1.54) is 18.5 Å². The highest BCUT2D eigenvalue weighted by Crippen LogP contribution is 2.30. The molecule has 0 fully saturated rings. The Balaban J connectivity index is 1.74. The molecule has 0 aliphatic rings. The first-order chi connectivity index (χ1) is 13.9. The fourth-order valence-electron chi connectivity index (χ4n) is 3.06. The van der Waals surface area contributed by atoms with Crippen LogP contribution in [0.25, 0.3) is 11.0 Å². The van der Waals surface area contributed by atoms with E-state index in [0.717, 1.165) is 5.56 Å². The first-order valence-electron chi connectivity index (χ1n) is 8.74. The predicted molar refractivity (Wildman–Crippen MR) is 101 cm³/mol. The summed E-state index contributed by atoms with van der Waals surface area (Å²) in [6.07, 6.45) is -1.53. The molecule has 0 aliphatic carbocycles. The van der Waals surface area contributed by atoms with Crippen LogP contribution in [0.2, 0.25) is 0 Å². The third-order valence-corrected chi connectivity index (χ3v) is 4.46. The summed E-state index contributed by atoms with van der Waals surface area (Å²) in [5.74, 6) is -1.37. The Morgan fingerprint density at radius 3 is 2.38 bits per heavy atom. The van der Waals surface area contributed by atoms with E-state index < -0.39 is 18.0 Å². The van der Waals surface area contributed by atoms with Crippen molar-refractivity contribution in [3.8, 4) is 0 Å². The van der Waals surface area contributed by atoms with Crippen LogP contribution in [-0.2, 0) is 6.18 Å². The molecule has 4 aromatic rings. The van der Waals surface area contributed by atoms with E-state index in [1.807, 2.05) is 30.3 Å². The Bertz CT molecular complexity index is 1140. The van der Waals surface area contributed by atoms with Crippen molar-refractivity contribution >= 4 is 16.9 Å². The summed E-state index contributed by atoms with van der Waals surface area (Å²) >= 11 is 0. The number of carbonyl (C=O) groups is 1. The number of carbonyl (C=O) groups excluding carboxylic acids is 1. The maximum Gasteiger partial charge on any atom is 0.449 e. The highest BCUT2D eigenvalue weighted by atomic mass is 19.4. The number of pyridine rings is 1. The van der Waals surface area contributed by atoms with Gasteiger partial charge in [0.15, 0.2) is 0 Å². The molecule has 0 saturated carbocycles. The molecule has 1 unspecified atom stereocenters. The van der Waals surface area contributed by atoms with E-state index >= 15 is 0 Å². The van der Waals surface area contributed by atoms with Gasteiger partial charge in [-0.3, -0.25) is 9.78 Å². The Kier molecular flexibility index (Phi) is 4.75.